The minimum absolute atomic E-state index is 0.00415. The van der Waals surface area contributed by atoms with Crippen molar-refractivity contribution in [3.8, 4) is 5.82 Å². The number of hydrogen-bond acceptors (Lipinski definition) is 5. The summed E-state index contributed by atoms with van der Waals surface area (Å²) in [5.74, 6) is 0.149. The zero-order valence-corrected chi connectivity index (χ0v) is 13.3. The second-order valence-corrected chi connectivity index (χ2v) is 5.96. The maximum Gasteiger partial charge on any atom is 0.401 e. The topological polar surface area (TPSA) is 75.9 Å². The first-order valence-electron chi connectivity index (χ1n) is 7.80. The zero-order valence-electron chi connectivity index (χ0n) is 13.3. The van der Waals surface area contributed by atoms with Gasteiger partial charge in [-0.1, -0.05) is 0 Å². The van der Waals surface area contributed by atoms with Gasteiger partial charge < -0.3 is 5.32 Å². The molecule has 134 valence electrons. The maximum atomic E-state index is 12.4. The lowest BCUT2D eigenvalue weighted by Crippen LogP contribution is -2.35. The summed E-state index contributed by atoms with van der Waals surface area (Å²) in [5, 5.41) is 10.5. The van der Waals surface area contributed by atoms with Gasteiger partial charge in [0.2, 0.25) is 0 Å². The molecule has 1 aliphatic rings. The molecule has 7 nitrogen and oxygen atoms in total. The van der Waals surface area contributed by atoms with Crippen LogP contribution in [0.25, 0.3) is 5.82 Å². The molecule has 25 heavy (non-hydrogen) atoms. The van der Waals surface area contributed by atoms with Crippen LogP contribution in [0.2, 0.25) is 0 Å². The van der Waals surface area contributed by atoms with Crippen molar-refractivity contribution in [1.29, 1.82) is 0 Å². The molecule has 2 aromatic heterocycles. The van der Waals surface area contributed by atoms with Gasteiger partial charge in [-0.25, -0.2) is 4.98 Å². The number of likely N-dealkylation sites (tertiary alicyclic amines) is 1. The fourth-order valence-corrected chi connectivity index (χ4v) is 2.78. The van der Waals surface area contributed by atoms with E-state index in [2.05, 4.69) is 20.5 Å². The minimum Gasteiger partial charge on any atom is -0.350 e. The fourth-order valence-electron chi connectivity index (χ4n) is 2.78. The van der Waals surface area contributed by atoms with E-state index in [9.17, 15) is 18.0 Å². The Bertz CT molecular complexity index is 701. The maximum absolute atomic E-state index is 12.4. The van der Waals surface area contributed by atoms with E-state index in [0.29, 0.717) is 31.9 Å². The average Bonchev–Trinajstić information content (AvgIpc) is 3.23. The molecule has 0 bridgehead atoms. The molecule has 1 unspecified atom stereocenters. The van der Waals surface area contributed by atoms with Crippen LogP contribution in [-0.2, 0) is 0 Å². The van der Waals surface area contributed by atoms with E-state index in [1.165, 1.54) is 4.90 Å². The number of rotatable bonds is 5. The van der Waals surface area contributed by atoms with Gasteiger partial charge in [0.1, 0.15) is 6.33 Å². The van der Waals surface area contributed by atoms with Gasteiger partial charge in [-0.2, -0.15) is 13.2 Å². The Hall–Kier alpha value is -2.49. The first kappa shape index (κ1) is 17.3. The van der Waals surface area contributed by atoms with Gasteiger partial charge in [0.25, 0.3) is 5.91 Å². The zero-order chi connectivity index (χ0) is 17.9. The van der Waals surface area contributed by atoms with Crippen molar-refractivity contribution < 1.29 is 18.0 Å². The molecule has 1 N–H and O–H groups in total. The van der Waals surface area contributed by atoms with Crippen molar-refractivity contribution in [2.45, 2.75) is 12.6 Å². The number of halogens is 3. The Morgan fingerprint density at radius 3 is 2.80 bits per heavy atom. The number of nitrogens with one attached hydrogen (secondary N) is 1. The van der Waals surface area contributed by atoms with Crippen molar-refractivity contribution >= 4 is 5.91 Å². The number of nitrogens with zero attached hydrogens (tertiary/aromatic N) is 5. The predicted octanol–water partition coefficient (Wildman–Crippen LogP) is 1.28. The van der Waals surface area contributed by atoms with Gasteiger partial charge in [0, 0.05) is 25.5 Å². The summed E-state index contributed by atoms with van der Waals surface area (Å²) in [6, 6.07) is 3.19. The van der Waals surface area contributed by atoms with E-state index in [4.69, 9.17) is 0 Å². The summed E-state index contributed by atoms with van der Waals surface area (Å²) in [7, 11) is 0. The summed E-state index contributed by atoms with van der Waals surface area (Å²) in [6.07, 6.45) is 1.31. The van der Waals surface area contributed by atoms with E-state index < -0.39 is 12.7 Å². The van der Waals surface area contributed by atoms with Crippen LogP contribution in [0.5, 0.6) is 0 Å². The van der Waals surface area contributed by atoms with Crippen molar-refractivity contribution in [1.82, 2.24) is 30.0 Å². The highest BCUT2D eigenvalue weighted by Gasteiger charge is 2.34. The van der Waals surface area contributed by atoms with Gasteiger partial charge in [-0.15, -0.1) is 10.2 Å². The number of alkyl halides is 3. The Balaban J connectivity index is 1.48. The standard InChI is InChI=1S/C15H17F3N6O/c16-15(17,18)9-23-5-3-11(8-23)7-20-14(25)12-1-2-13(22-21-12)24-6-4-19-10-24/h1-2,4,6,10-11H,3,5,7-9H2,(H,20,25). The van der Waals surface area contributed by atoms with Gasteiger partial charge in [0.05, 0.1) is 6.54 Å². The Kier molecular flexibility index (Phi) is 4.98. The second-order valence-electron chi connectivity index (χ2n) is 5.96. The highest BCUT2D eigenvalue weighted by Crippen LogP contribution is 2.22. The lowest BCUT2D eigenvalue weighted by molar-refractivity contribution is -0.143. The number of carbonyl (C=O) groups excluding carboxylic acids is 1. The van der Waals surface area contributed by atoms with Gasteiger partial charge >= 0.3 is 6.18 Å². The molecular formula is C15H17F3N6O. The van der Waals surface area contributed by atoms with Crippen molar-refractivity contribution in [3.63, 3.8) is 0 Å². The summed E-state index contributed by atoms with van der Waals surface area (Å²) in [5.41, 5.74) is 0.161. The van der Waals surface area contributed by atoms with Crippen LogP contribution >= 0.6 is 0 Å². The van der Waals surface area contributed by atoms with E-state index >= 15 is 0 Å². The molecule has 1 amide bonds. The predicted molar refractivity (Wildman–Crippen MR) is 82.1 cm³/mol. The molecule has 10 heteroatoms. The number of amides is 1. The van der Waals surface area contributed by atoms with Crippen LogP contribution in [0.1, 0.15) is 16.9 Å². The quantitative estimate of drug-likeness (QED) is 0.875. The molecule has 0 radical (unpaired) electrons. The number of imidazole rings is 1. The molecule has 1 fully saturated rings. The second kappa shape index (κ2) is 7.18. The molecule has 3 rings (SSSR count). The highest BCUT2D eigenvalue weighted by atomic mass is 19.4. The summed E-state index contributed by atoms with van der Waals surface area (Å²) < 4.78 is 38.8. The van der Waals surface area contributed by atoms with E-state index in [-0.39, 0.29) is 17.5 Å². The lowest BCUT2D eigenvalue weighted by atomic mass is 10.1. The van der Waals surface area contributed by atoms with Crippen LogP contribution in [0.4, 0.5) is 13.2 Å². The van der Waals surface area contributed by atoms with Gasteiger partial charge in [0.15, 0.2) is 11.5 Å². The van der Waals surface area contributed by atoms with E-state index in [0.717, 1.165) is 0 Å². The number of aromatic nitrogens is 4. The van der Waals surface area contributed by atoms with Crippen LogP contribution in [0.3, 0.4) is 0 Å². The van der Waals surface area contributed by atoms with Crippen LogP contribution < -0.4 is 5.32 Å². The molecular weight excluding hydrogens is 337 g/mol. The first-order valence-corrected chi connectivity index (χ1v) is 7.80. The van der Waals surface area contributed by atoms with E-state index in [1.807, 2.05) is 0 Å². The van der Waals surface area contributed by atoms with Gasteiger partial charge in [-0.3, -0.25) is 14.3 Å². The molecule has 1 saturated heterocycles. The molecule has 0 saturated carbocycles. The number of hydrogen-bond donors (Lipinski definition) is 1. The third-order valence-electron chi connectivity index (χ3n) is 3.98. The largest absolute Gasteiger partial charge is 0.401 e. The van der Waals surface area contributed by atoms with Crippen molar-refractivity contribution in [2.75, 3.05) is 26.2 Å². The molecule has 0 spiro atoms. The third-order valence-corrected chi connectivity index (χ3v) is 3.98. The summed E-state index contributed by atoms with van der Waals surface area (Å²) >= 11 is 0. The smallest absolute Gasteiger partial charge is 0.350 e. The van der Waals surface area contributed by atoms with Crippen molar-refractivity contribution in [2.24, 2.45) is 5.92 Å². The Morgan fingerprint density at radius 2 is 2.16 bits per heavy atom. The van der Waals surface area contributed by atoms with Crippen LogP contribution in [0.15, 0.2) is 30.9 Å². The lowest BCUT2D eigenvalue weighted by Gasteiger charge is -2.17. The SMILES string of the molecule is O=C(NCC1CCN(CC(F)(F)F)C1)c1ccc(-n2ccnc2)nn1. The molecule has 3 heterocycles. The molecule has 0 aromatic carbocycles. The first-order chi connectivity index (χ1) is 11.9. The Labute approximate surface area is 141 Å². The number of carbonyl (C=O) groups is 1. The summed E-state index contributed by atoms with van der Waals surface area (Å²) in [4.78, 5) is 17.3. The molecule has 0 aliphatic carbocycles. The fraction of sp³-hybridized carbons (Fsp3) is 0.467. The van der Waals surface area contributed by atoms with Gasteiger partial charge in [-0.05, 0) is 31.0 Å². The van der Waals surface area contributed by atoms with Crippen molar-refractivity contribution in [3.05, 3.63) is 36.5 Å². The summed E-state index contributed by atoms with van der Waals surface area (Å²) in [6.45, 7) is 0.126. The van der Waals surface area contributed by atoms with Crippen LogP contribution in [-0.4, -0.2) is 62.9 Å². The average molecular weight is 354 g/mol. The normalized spacial score (nSPS) is 18.4. The highest BCUT2D eigenvalue weighted by molar-refractivity contribution is 5.92. The van der Waals surface area contributed by atoms with E-state index in [1.54, 1.807) is 35.4 Å². The van der Waals surface area contributed by atoms with Crippen LogP contribution in [0, 0.1) is 5.92 Å². The molecule has 2 aromatic rings. The molecule has 1 atom stereocenters. The third kappa shape index (κ3) is 4.75. The minimum atomic E-state index is -4.19. The Morgan fingerprint density at radius 1 is 1.32 bits per heavy atom. The molecule has 1 aliphatic heterocycles. The monoisotopic (exact) mass is 354 g/mol.